The van der Waals surface area contributed by atoms with Crippen LogP contribution in [0.25, 0.3) is 10.9 Å². The number of benzene rings is 2. The molecule has 0 radical (unpaired) electrons. The summed E-state index contributed by atoms with van der Waals surface area (Å²) in [7, 11) is 2.73. The van der Waals surface area contributed by atoms with Gasteiger partial charge in [-0.15, -0.1) is 0 Å². The van der Waals surface area contributed by atoms with E-state index in [-0.39, 0.29) is 18.2 Å². The van der Waals surface area contributed by atoms with Gasteiger partial charge in [0.05, 0.1) is 23.7 Å². The Balaban J connectivity index is 1.59. The number of hydrogen-bond acceptors (Lipinski definition) is 8. The molecule has 2 fully saturated rings. The summed E-state index contributed by atoms with van der Waals surface area (Å²) in [5.74, 6) is -0.604. The van der Waals surface area contributed by atoms with Crippen LogP contribution in [0.15, 0.2) is 53.3 Å². The number of aliphatic hydroxyl groups is 1. The van der Waals surface area contributed by atoms with Crippen LogP contribution in [0.5, 0.6) is 0 Å². The number of para-hydroxylation sites is 2. The van der Waals surface area contributed by atoms with Gasteiger partial charge in [-0.2, -0.15) is 0 Å². The highest BCUT2D eigenvalue weighted by Crippen LogP contribution is 2.62. The van der Waals surface area contributed by atoms with Gasteiger partial charge in [0.1, 0.15) is 23.3 Å². The van der Waals surface area contributed by atoms with Crippen molar-refractivity contribution in [3.05, 3.63) is 70.3 Å². The van der Waals surface area contributed by atoms with Gasteiger partial charge in [-0.05, 0) is 31.0 Å². The molecule has 0 bridgehead atoms. The number of amides is 1. The molecule has 1 saturated carbocycles. The Labute approximate surface area is 205 Å². The van der Waals surface area contributed by atoms with Crippen LogP contribution in [0.2, 0.25) is 0 Å². The lowest BCUT2D eigenvalue weighted by atomic mass is 9.84. The van der Waals surface area contributed by atoms with E-state index >= 15 is 0 Å². The molecule has 2 aromatic carbocycles. The van der Waals surface area contributed by atoms with Crippen molar-refractivity contribution in [2.24, 2.45) is 0 Å². The Morgan fingerprint density at radius 2 is 1.81 bits per heavy atom. The van der Waals surface area contributed by atoms with Gasteiger partial charge in [0, 0.05) is 19.1 Å². The van der Waals surface area contributed by atoms with Crippen molar-refractivity contribution in [2.45, 2.75) is 48.8 Å². The van der Waals surface area contributed by atoms with Gasteiger partial charge in [0.15, 0.2) is 12.1 Å². The first-order valence-corrected chi connectivity index (χ1v) is 11.9. The maximum Gasteiger partial charge on any atom is 0.329 e. The van der Waals surface area contributed by atoms with Crippen molar-refractivity contribution < 1.29 is 24.2 Å². The molecule has 1 aromatic heterocycles. The number of carbonyl (C=O) groups is 2. The first-order chi connectivity index (χ1) is 17.4. The molecule has 1 saturated heterocycles. The minimum Gasteiger partial charge on any atom is -0.467 e. The van der Waals surface area contributed by atoms with E-state index in [0.29, 0.717) is 35.0 Å². The zero-order chi connectivity index (χ0) is 25.0. The van der Waals surface area contributed by atoms with E-state index in [1.54, 1.807) is 47.4 Å². The van der Waals surface area contributed by atoms with E-state index in [9.17, 15) is 19.5 Å². The third-order valence-electron chi connectivity index (χ3n) is 8.22. The van der Waals surface area contributed by atoms with Crippen LogP contribution in [0.3, 0.4) is 0 Å². The fourth-order valence-corrected chi connectivity index (χ4v) is 6.53. The van der Waals surface area contributed by atoms with E-state index in [4.69, 9.17) is 14.5 Å². The normalized spacial score (nSPS) is 29.5. The SMILES string of the molecule is COC(=O)[C@@H]1C[C@]2(O)c3ccccc3N3C(=O)C4(CC4)N([C@@H](OC)c4nc5ccccc5c(=O)n41)[C@H]32. The molecular weight excluding hydrogens is 464 g/mol. The Morgan fingerprint density at radius 1 is 1.08 bits per heavy atom. The molecule has 10 heteroatoms. The largest absolute Gasteiger partial charge is 0.467 e. The molecule has 1 N–H and O–H groups in total. The highest BCUT2D eigenvalue weighted by molar-refractivity contribution is 6.07. The molecule has 0 unspecified atom stereocenters. The molecule has 1 aliphatic carbocycles. The van der Waals surface area contributed by atoms with Crippen molar-refractivity contribution in [2.75, 3.05) is 19.1 Å². The van der Waals surface area contributed by atoms with Gasteiger partial charge in [0.25, 0.3) is 5.56 Å². The average Bonchev–Trinajstić information content (AvgIpc) is 3.60. The summed E-state index contributed by atoms with van der Waals surface area (Å²) in [5.41, 5.74) is -1.40. The Hall–Kier alpha value is -3.60. The smallest absolute Gasteiger partial charge is 0.329 e. The molecule has 36 heavy (non-hydrogen) atoms. The highest BCUT2D eigenvalue weighted by Gasteiger charge is 2.74. The quantitative estimate of drug-likeness (QED) is 0.541. The van der Waals surface area contributed by atoms with Gasteiger partial charge in [-0.1, -0.05) is 30.3 Å². The summed E-state index contributed by atoms with van der Waals surface area (Å²) in [6, 6.07) is 12.9. The zero-order valence-electron chi connectivity index (χ0n) is 19.7. The second kappa shape index (κ2) is 7.00. The second-order valence-corrected chi connectivity index (χ2v) is 9.92. The number of ether oxygens (including phenoxy) is 2. The fourth-order valence-electron chi connectivity index (χ4n) is 6.53. The van der Waals surface area contributed by atoms with E-state index in [1.807, 2.05) is 11.0 Å². The predicted molar refractivity (Wildman–Crippen MR) is 127 cm³/mol. The first-order valence-electron chi connectivity index (χ1n) is 11.9. The summed E-state index contributed by atoms with van der Waals surface area (Å²) in [5, 5.41) is 12.8. The standard InChI is InChI=1S/C26H24N4O6/c1-35-21-19-27-16-9-5-3-7-14(16)20(31)28(19)18(22(32)36-2)13-26(34)15-8-4-6-10-17(15)29-23(26)30(21)25(11-12-25)24(29)33/h3-10,18,21,23,34H,11-13H2,1-2H3/t18-,21-,23-,26-/m0/s1. The number of hydrogen-bond donors (Lipinski definition) is 1. The number of fused-ring (bicyclic) bond motifs is 6. The number of anilines is 1. The van der Waals surface area contributed by atoms with Gasteiger partial charge in [0.2, 0.25) is 5.91 Å². The number of methoxy groups -OCH3 is 2. The number of rotatable bonds is 2. The highest BCUT2D eigenvalue weighted by atomic mass is 16.5. The summed E-state index contributed by atoms with van der Waals surface area (Å²) < 4.78 is 12.4. The fraction of sp³-hybridized carbons (Fsp3) is 0.385. The van der Waals surface area contributed by atoms with Crippen LogP contribution in [-0.2, 0) is 24.7 Å². The molecule has 1 amide bonds. The third-order valence-corrected chi connectivity index (χ3v) is 8.22. The monoisotopic (exact) mass is 488 g/mol. The van der Waals surface area contributed by atoms with Crippen molar-refractivity contribution >= 4 is 28.5 Å². The zero-order valence-corrected chi connectivity index (χ0v) is 19.7. The van der Waals surface area contributed by atoms with Crippen LogP contribution in [0.1, 0.15) is 42.9 Å². The molecule has 4 heterocycles. The Kier molecular flexibility index (Phi) is 4.21. The molecule has 7 rings (SSSR count). The first kappa shape index (κ1) is 21.7. The van der Waals surface area contributed by atoms with Crippen LogP contribution in [-0.4, -0.2) is 57.4 Å². The Morgan fingerprint density at radius 3 is 2.53 bits per heavy atom. The van der Waals surface area contributed by atoms with Gasteiger partial charge in [-0.3, -0.25) is 19.1 Å². The van der Waals surface area contributed by atoms with Crippen LogP contribution < -0.4 is 10.5 Å². The van der Waals surface area contributed by atoms with Crippen molar-refractivity contribution in [3.63, 3.8) is 0 Å². The van der Waals surface area contributed by atoms with E-state index in [1.165, 1.54) is 18.8 Å². The van der Waals surface area contributed by atoms with Gasteiger partial charge >= 0.3 is 5.97 Å². The number of carbonyl (C=O) groups excluding carboxylic acids is 2. The number of esters is 1. The van der Waals surface area contributed by atoms with Crippen molar-refractivity contribution in [1.82, 2.24) is 14.5 Å². The number of aromatic nitrogens is 2. The van der Waals surface area contributed by atoms with Crippen LogP contribution in [0, 0.1) is 0 Å². The van der Waals surface area contributed by atoms with Crippen molar-refractivity contribution in [1.29, 1.82) is 0 Å². The van der Waals surface area contributed by atoms with E-state index in [2.05, 4.69) is 0 Å². The van der Waals surface area contributed by atoms with E-state index < -0.39 is 41.1 Å². The minimum absolute atomic E-state index is 0.121. The summed E-state index contributed by atoms with van der Waals surface area (Å²) >= 11 is 0. The molecule has 3 aliphatic heterocycles. The lowest BCUT2D eigenvalue weighted by Gasteiger charge is -2.44. The summed E-state index contributed by atoms with van der Waals surface area (Å²) in [4.78, 5) is 49.4. The van der Waals surface area contributed by atoms with E-state index in [0.717, 1.165) is 0 Å². The molecular formula is C26H24N4O6. The van der Waals surface area contributed by atoms with Crippen LogP contribution in [0.4, 0.5) is 5.69 Å². The predicted octanol–water partition coefficient (Wildman–Crippen LogP) is 1.57. The van der Waals surface area contributed by atoms with Crippen molar-refractivity contribution in [3.8, 4) is 0 Å². The second-order valence-electron chi connectivity index (χ2n) is 9.92. The molecule has 184 valence electrons. The molecule has 10 nitrogen and oxygen atoms in total. The summed E-state index contributed by atoms with van der Waals surface area (Å²) in [6.45, 7) is 0. The lowest BCUT2D eigenvalue weighted by Crippen LogP contribution is -2.57. The molecule has 4 atom stereocenters. The average molecular weight is 489 g/mol. The minimum atomic E-state index is -1.67. The van der Waals surface area contributed by atoms with Gasteiger partial charge in [-0.25, -0.2) is 14.7 Å². The lowest BCUT2D eigenvalue weighted by molar-refractivity contribution is -0.161. The maximum atomic E-state index is 13.9. The number of nitrogens with zero attached hydrogens (tertiary/aromatic N) is 4. The summed E-state index contributed by atoms with van der Waals surface area (Å²) in [6.07, 6.45) is -0.804. The Bertz CT molecular complexity index is 1530. The third kappa shape index (κ3) is 2.41. The molecule has 3 aromatic rings. The maximum absolute atomic E-state index is 13.9. The molecule has 4 aliphatic rings. The van der Waals surface area contributed by atoms with Crippen LogP contribution >= 0.6 is 0 Å². The molecule has 1 spiro atoms. The van der Waals surface area contributed by atoms with Gasteiger partial charge < -0.3 is 14.6 Å². The topological polar surface area (TPSA) is 114 Å².